The van der Waals surface area contributed by atoms with E-state index in [1.165, 1.54) is 6.92 Å². The van der Waals surface area contributed by atoms with Gasteiger partial charge in [-0.1, -0.05) is 22.0 Å². The third-order valence-corrected chi connectivity index (χ3v) is 4.41. The summed E-state index contributed by atoms with van der Waals surface area (Å²) in [7, 11) is 0. The molecular weight excluding hydrogens is 276 g/mol. The summed E-state index contributed by atoms with van der Waals surface area (Å²) in [5, 5.41) is 0. The second-order valence-corrected chi connectivity index (χ2v) is 5.47. The van der Waals surface area contributed by atoms with Gasteiger partial charge in [-0.3, -0.25) is 9.59 Å². The third kappa shape index (κ3) is 1.24. The first-order valence-electron chi connectivity index (χ1n) is 5.27. The van der Waals surface area contributed by atoms with Crippen molar-refractivity contribution in [1.29, 1.82) is 0 Å². The van der Waals surface area contributed by atoms with Crippen molar-refractivity contribution in [3.63, 3.8) is 0 Å². The molecule has 0 N–H and O–H groups in total. The highest BCUT2D eigenvalue weighted by Gasteiger charge is 2.67. The number of epoxide rings is 1. The summed E-state index contributed by atoms with van der Waals surface area (Å²) in [5.41, 5.74) is -0.602. The monoisotopic (exact) mass is 286 g/mol. The smallest absolute Gasteiger partial charge is 0.302 e. The molecule has 86 valence electrons. The summed E-state index contributed by atoms with van der Waals surface area (Å²) in [6.45, 7) is 1.87. The molecule has 0 radical (unpaired) electrons. The molecule has 16 heavy (non-hydrogen) atoms. The molecule has 1 spiro atoms. The molecule has 3 aliphatic carbocycles. The van der Waals surface area contributed by atoms with E-state index in [1.54, 1.807) is 0 Å². The van der Waals surface area contributed by atoms with Crippen molar-refractivity contribution in [2.75, 3.05) is 6.61 Å². The minimum Gasteiger partial charge on any atom is -0.461 e. The van der Waals surface area contributed by atoms with E-state index in [0.717, 1.165) is 4.48 Å². The lowest BCUT2D eigenvalue weighted by Gasteiger charge is -2.41. The molecule has 1 saturated heterocycles. The first-order chi connectivity index (χ1) is 7.54. The molecule has 0 aromatic heterocycles. The number of carbonyl (C=O) groups excluding carboxylic acids is 2. The van der Waals surface area contributed by atoms with Gasteiger partial charge in [-0.2, -0.15) is 0 Å². The Balaban J connectivity index is 1.92. The van der Waals surface area contributed by atoms with E-state index in [1.807, 2.05) is 6.08 Å². The number of hydrogen-bond acceptors (Lipinski definition) is 4. The van der Waals surface area contributed by atoms with Crippen LogP contribution < -0.4 is 0 Å². The Bertz CT molecular complexity index is 410. The molecular formula is C11H11BrO4. The van der Waals surface area contributed by atoms with E-state index < -0.39 is 5.60 Å². The van der Waals surface area contributed by atoms with Crippen molar-refractivity contribution in [2.45, 2.75) is 25.0 Å². The van der Waals surface area contributed by atoms with E-state index in [0.29, 0.717) is 13.0 Å². The molecule has 2 bridgehead atoms. The second kappa shape index (κ2) is 3.17. The van der Waals surface area contributed by atoms with E-state index in [2.05, 4.69) is 15.9 Å². The van der Waals surface area contributed by atoms with E-state index >= 15 is 0 Å². The van der Waals surface area contributed by atoms with Gasteiger partial charge in [0.1, 0.15) is 6.10 Å². The number of carbonyl (C=O) groups is 2. The van der Waals surface area contributed by atoms with Gasteiger partial charge in [0, 0.05) is 12.8 Å². The quantitative estimate of drug-likeness (QED) is 0.537. The van der Waals surface area contributed by atoms with Crippen LogP contribution in [-0.4, -0.2) is 30.1 Å². The maximum atomic E-state index is 12.1. The molecule has 0 amide bonds. The van der Waals surface area contributed by atoms with Gasteiger partial charge in [0.25, 0.3) is 0 Å². The molecule has 1 saturated carbocycles. The highest BCUT2D eigenvalue weighted by Crippen LogP contribution is 2.55. The van der Waals surface area contributed by atoms with E-state index in [9.17, 15) is 9.59 Å². The minimum atomic E-state index is -0.602. The predicted molar refractivity (Wildman–Crippen MR) is 57.9 cm³/mol. The molecule has 5 heteroatoms. The lowest BCUT2D eigenvalue weighted by molar-refractivity contribution is -0.156. The molecule has 0 aromatic rings. The van der Waals surface area contributed by atoms with Crippen LogP contribution in [-0.2, 0) is 19.1 Å². The largest absolute Gasteiger partial charge is 0.461 e. The summed E-state index contributed by atoms with van der Waals surface area (Å²) in [6.07, 6.45) is 2.22. The first-order valence-corrected chi connectivity index (χ1v) is 6.06. The first kappa shape index (κ1) is 10.5. The normalized spacial score (nSPS) is 44.5. The highest BCUT2D eigenvalue weighted by molar-refractivity contribution is 9.11. The van der Waals surface area contributed by atoms with Crippen LogP contribution >= 0.6 is 15.9 Å². The molecule has 2 fully saturated rings. The van der Waals surface area contributed by atoms with Gasteiger partial charge in [0.2, 0.25) is 0 Å². The maximum Gasteiger partial charge on any atom is 0.302 e. The van der Waals surface area contributed by atoms with Gasteiger partial charge < -0.3 is 9.47 Å². The number of Topliss-reactive ketones (excluding diaryl/α,β-unsaturated/α-hetero) is 1. The van der Waals surface area contributed by atoms with Gasteiger partial charge in [-0.15, -0.1) is 0 Å². The van der Waals surface area contributed by atoms with Crippen LogP contribution in [0.2, 0.25) is 0 Å². The number of ketones is 1. The second-order valence-electron chi connectivity index (χ2n) is 4.56. The maximum absolute atomic E-state index is 12.1. The van der Waals surface area contributed by atoms with Crippen LogP contribution in [0.15, 0.2) is 10.6 Å². The number of hydrogen-bond donors (Lipinski definition) is 0. The molecule has 1 heterocycles. The molecule has 4 nitrogen and oxygen atoms in total. The van der Waals surface area contributed by atoms with Crippen LogP contribution in [0.5, 0.6) is 0 Å². The Kier molecular flexibility index (Phi) is 2.07. The third-order valence-electron chi connectivity index (χ3n) is 3.60. The van der Waals surface area contributed by atoms with Gasteiger partial charge in [0.05, 0.1) is 12.5 Å². The Hall–Kier alpha value is -0.680. The molecule has 0 aromatic carbocycles. The van der Waals surface area contributed by atoms with Crippen LogP contribution in [0.3, 0.4) is 0 Å². The van der Waals surface area contributed by atoms with Crippen molar-refractivity contribution < 1.29 is 19.1 Å². The van der Waals surface area contributed by atoms with Gasteiger partial charge in [-0.05, 0) is 10.9 Å². The van der Waals surface area contributed by atoms with Gasteiger partial charge in [-0.25, -0.2) is 0 Å². The molecule has 4 atom stereocenters. The number of esters is 1. The molecule has 4 rings (SSSR count). The van der Waals surface area contributed by atoms with Crippen LogP contribution in [0.4, 0.5) is 0 Å². The van der Waals surface area contributed by atoms with Crippen LogP contribution in [0, 0.1) is 11.8 Å². The Morgan fingerprint density at radius 3 is 2.94 bits per heavy atom. The summed E-state index contributed by atoms with van der Waals surface area (Å²) in [4.78, 5) is 23.1. The molecule has 4 aliphatic rings. The Morgan fingerprint density at radius 1 is 1.69 bits per heavy atom. The van der Waals surface area contributed by atoms with Crippen molar-refractivity contribution in [2.24, 2.45) is 11.8 Å². The van der Waals surface area contributed by atoms with E-state index in [-0.39, 0.29) is 29.7 Å². The summed E-state index contributed by atoms with van der Waals surface area (Å²) >= 11 is 3.47. The average Bonchev–Trinajstić information content (AvgIpc) is 2.97. The fourth-order valence-electron chi connectivity index (χ4n) is 2.75. The SMILES string of the molecule is CC(=O)O[C@@H]1CC2C(Br)=CC1C(=O)[C@]21CO1. The Labute approximate surface area is 101 Å². The molecule has 1 aliphatic heterocycles. The number of halogens is 1. The standard InChI is InChI=1S/C11H11BrO4/c1-5(13)16-9-3-7-8(12)2-6(9)10(14)11(7)4-15-11/h2,6-7,9H,3-4H2,1H3/t6?,7?,9-,11+/m1/s1. The van der Waals surface area contributed by atoms with E-state index in [4.69, 9.17) is 9.47 Å². The topological polar surface area (TPSA) is 55.9 Å². The zero-order valence-electron chi connectivity index (χ0n) is 8.73. The Morgan fingerprint density at radius 2 is 2.38 bits per heavy atom. The number of fused-ring (bicyclic) bond motifs is 1. The van der Waals surface area contributed by atoms with Crippen molar-refractivity contribution in [3.05, 3.63) is 10.6 Å². The summed E-state index contributed by atoms with van der Waals surface area (Å²) in [5.74, 6) is -0.584. The number of ether oxygens (including phenoxy) is 2. The fourth-order valence-corrected chi connectivity index (χ4v) is 3.60. The van der Waals surface area contributed by atoms with Crippen molar-refractivity contribution in [3.8, 4) is 0 Å². The van der Waals surface area contributed by atoms with Crippen LogP contribution in [0.1, 0.15) is 13.3 Å². The zero-order chi connectivity index (χ0) is 11.5. The lowest BCUT2D eigenvalue weighted by atomic mass is 9.66. The minimum absolute atomic E-state index is 0.0225. The van der Waals surface area contributed by atoms with Crippen molar-refractivity contribution >= 4 is 27.7 Å². The van der Waals surface area contributed by atoms with Crippen molar-refractivity contribution in [1.82, 2.24) is 0 Å². The zero-order valence-corrected chi connectivity index (χ0v) is 10.3. The fraction of sp³-hybridized carbons (Fsp3) is 0.636. The summed E-state index contributed by atoms with van der Waals surface area (Å²) in [6, 6.07) is 0. The van der Waals surface area contributed by atoms with Gasteiger partial charge >= 0.3 is 5.97 Å². The summed E-state index contributed by atoms with van der Waals surface area (Å²) < 4.78 is 11.5. The van der Waals surface area contributed by atoms with Gasteiger partial charge in [0.15, 0.2) is 11.4 Å². The average molecular weight is 287 g/mol. The predicted octanol–water partition coefficient (Wildman–Crippen LogP) is 1.18. The highest BCUT2D eigenvalue weighted by atomic mass is 79.9. The lowest BCUT2D eigenvalue weighted by Crippen LogP contribution is -2.53. The molecule has 2 unspecified atom stereocenters. The number of rotatable bonds is 1. The van der Waals surface area contributed by atoms with Crippen LogP contribution in [0.25, 0.3) is 0 Å².